The van der Waals surface area contributed by atoms with E-state index in [4.69, 9.17) is 9.73 Å². The summed E-state index contributed by atoms with van der Waals surface area (Å²) >= 11 is 0. The lowest BCUT2D eigenvalue weighted by molar-refractivity contribution is -0.137. The first-order valence-electron chi connectivity index (χ1n) is 9.28. The zero-order chi connectivity index (χ0) is 19.9. The zero-order valence-corrected chi connectivity index (χ0v) is 16.2. The molecular weight excluding hydrogens is 357 g/mol. The van der Waals surface area contributed by atoms with E-state index in [1.54, 1.807) is 0 Å². The van der Waals surface area contributed by atoms with Gasteiger partial charge in [0, 0.05) is 39.3 Å². The molecule has 0 aromatic heterocycles. The number of rotatable bonds is 6. The summed E-state index contributed by atoms with van der Waals surface area (Å²) in [6.07, 6.45) is -4.31. The van der Waals surface area contributed by atoms with Crippen LogP contribution < -0.4 is 5.32 Å². The lowest BCUT2D eigenvalue weighted by Crippen LogP contribution is -2.44. The predicted octanol–water partition coefficient (Wildman–Crippen LogP) is 2.82. The van der Waals surface area contributed by atoms with Gasteiger partial charge in [0.25, 0.3) is 0 Å². The Bertz CT molecular complexity index is 598. The van der Waals surface area contributed by atoms with Crippen LogP contribution in [0.2, 0.25) is 0 Å². The Labute approximate surface area is 159 Å². The summed E-state index contributed by atoms with van der Waals surface area (Å²) in [5.41, 5.74) is 0.172. The molecule has 1 heterocycles. The van der Waals surface area contributed by atoms with Gasteiger partial charge < -0.3 is 15.0 Å². The molecule has 0 aliphatic carbocycles. The minimum absolute atomic E-state index is 0.307. The van der Waals surface area contributed by atoms with Gasteiger partial charge in [0.1, 0.15) is 0 Å². The molecule has 1 saturated heterocycles. The molecule has 0 amide bonds. The number of ether oxygens (including phenoxy) is 1. The van der Waals surface area contributed by atoms with Gasteiger partial charge in [0.15, 0.2) is 5.96 Å². The van der Waals surface area contributed by atoms with Crippen LogP contribution in [0.1, 0.15) is 25.0 Å². The molecule has 0 saturated carbocycles. The number of hydrogen-bond acceptors (Lipinski definition) is 3. The highest BCUT2D eigenvalue weighted by Gasteiger charge is 2.30. The van der Waals surface area contributed by atoms with Gasteiger partial charge in [-0.1, -0.05) is 12.1 Å². The van der Waals surface area contributed by atoms with E-state index in [0.717, 1.165) is 56.5 Å². The molecule has 27 heavy (non-hydrogen) atoms. The van der Waals surface area contributed by atoms with E-state index in [-0.39, 0.29) is 0 Å². The maximum absolute atomic E-state index is 12.7. The largest absolute Gasteiger partial charge is 0.416 e. The Morgan fingerprint density at radius 1 is 1.26 bits per heavy atom. The summed E-state index contributed by atoms with van der Waals surface area (Å²) in [7, 11) is 1.89. The number of hydrogen-bond donors (Lipinski definition) is 1. The number of nitrogens with one attached hydrogen (secondary N) is 1. The smallest absolute Gasteiger partial charge is 0.379 e. The molecule has 0 spiro atoms. The van der Waals surface area contributed by atoms with Crippen LogP contribution in [0, 0.1) is 0 Å². The van der Waals surface area contributed by atoms with Crippen LogP contribution >= 0.6 is 0 Å². The fraction of sp³-hybridized carbons (Fsp3) is 0.632. The Balaban J connectivity index is 1.97. The average Bonchev–Trinajstić information content (AvgIpc) is 2.65. The maximum atomic E-state index is 12.7. The van der Waals surface area contributed by atoms with Crippen molar-refractivity contribution in [2.24, 2.45) is 4.99 Å². The summed E-state index contributed by atoms with van der Waals surface area (Å²) in [5.74, 6) is 0.748. The van der Waals surface area contributed by atoms with E-state index in [9.17, 15) is 13.2 Å². The quantitative estimate of drug-likeness (QED) is 0.603. The molecular formula is C19H29F3N4O. The number of morpholine rings is 1. The van der Waals surface area contributed by atoms with Gasteiger partial charge in [0.05, 0.1) is 25.3 Å². The van der Waals surface area contributed by atoms with Crippen molar-refractivity contribution in [1.82, 2.24) is 15.1 Å². The monoisotopic (exact) mass is 386 g/mol. The predicted molar refractivity (Wildman–Crippen MR) is 101 cm³/mol. The second-order valence-electron chi connectivity index (χ2n) is 6.74. The lowest BCUT2D eigenvalue weighted by atomic mass is 10.1. The normalized spacial score (nSPS) is 17.6. The minimum Gasteiger partial charge on any atom is -0.379 e. The van der Waals surface area contributed by atoms with Crippen molar-refractivity contribution in [2.45, 2.75) is 32.6 Å². The van der Waals surface area contributed by atoms with Crippen LogP contribution in [0.3, 0.4) is 0 Å². The molecule has 1 aliphatic heterocycles. The van der Waals surface area contributed by atoms with Crippen LogP contribution in [0.25, 0.3) is 0 Å². The lowest BCUT2D eigenvalue weighted by Gasteiger charge is -2.32. The SMILES string of the molecule is CCNC(=NCC(C)N1CCOCC1)N(C)Cc1ccc(C(F)(F)F)cc1. The van der Waals surface area contributed by atoms with Crippen molar-refractivity contribution < 1.29 is 17.9 Å². The van der Waals surface area contributed by atoms with Crippen LogP contribution in [-0.2, 0) is 17.5 Å². The highest BCUT2D eigenvalue weighted by molar-refractivity contribution is 5.79. The first-order chi connectivity index (χ1) is 12.8. The van der Waals surface area contributed by atoms with E-state index in [1.165, 1.54) is 12.1 Å². The summed E-state index contributed by atoms with van der Waals surface area (Å²) in [6, 6.07) is 5.57. The van der Waals surface area contributed by atoms with E-state index >= 15 is 0 Å². The highest BCUT2D eigenvalue weighted by atomic mass is 19.4. The number of alkyl halides is 3. The van der Waals surface area contributed by atoms with Crippen LogP contribution in [0.4, 0.5) is 13.2 Å². The van der Waals surface area contributed by atoms with Gasteiger partial charge in [-0.2, -0.15) is 13.2 Å². The van der Waals surface area contributed by atoms with Gasteiger partial charge in [-0.05, 0) is 31.5 Å². The molecule has 0 radical (unpaired) electrons. The Morgan fingerprint density at radius 3 is 2.44 bits per heavy atom. The highest BCUT2D eigenvalue weighted by Crippen LogP contribution is 2.29. The van der Waals surface area contributed by atoms with E-state index < -0.39 is 11.7 Å². The fourth-order valence-electron chi connectivity index (χ4n) is 2.97. The number of nitrogens with zero attached hydrogens (tertiary/aromatic N) is 3. The summed E-state index contributed by atoms with van der Waals surface area (Å²) in [5, 5.41) is 3.25. The third-order valence-corrected chi connectivity index (χ3v) is 4.57. The van der Waals surface area contributed by atoms with Crippen molar-refractivity contribution in [3.63, 3.8) is 0 Å². The molecule has 152 valence electrons. The summed E-state index contributed by atoms with van der Waals surface area (Å²) in [6.45, 7) is 9.33. The molecule has 8 heteroatoms. The molecule has 1 aliphatic rings. The van der Waals surface area contributed by atoms with E-state index in [0.29, 0.717) is 19.1 Å². The van der Waals surface area contributed by atoms with Gasteiger partial charge in [-0.25, -0.2) is 0 Å². The van der Waals surface area contributed by atoms with Gasteiger partial charge in [-0.15, -0.1) is 0 Å². The average molecular weight is 386 g/mol. The maximum Gasteiger partial charge on any atom is 0.416 e. The molecule has 0 bridgehead atoms. The van der Waals surface area contributed by atoms with Crippen LogP contribution in [0.5, 0.6) is 0 Å². The third-order valence-electron chi connectivity index (χ3n) is 4.57. The summed E-state index contributed by atoms with van der Waals surface area (Å²) < 4.78 is 43.4. The minimum atomic E-state index is -4.31. The third kappa shape index (κ3) is 6.70. The van der Waals surface area contributed by atoms with Crippen LogP contribution in [0.15, 0.2) is 29.3 Å². The zero-order valence-electron chi connectivity index (χ0n) is 16.2. The Hall–Kier alpha value is -1.80. The number of guanidine groups is 1. The van der Waals surface area contributed by atoms with Crippen molar-refractivity contribution >= 4 is 5.96 Å². The second kappa shape index (κ2) is 9.94. The van der Waals surface area contributed by atoms with Crippen molar-refractivity contribution in [3.05, 3.63) is 35.4 Å². The van der Waals surface area contributed by atoms with Crippen molar-refractivity contribution in [3.8, 4) is 0 Å². The van der Waals surface area contributed by atoms with Gasteiger partial charge >= 0.3 is 6.18 Å². The summed E-state index contributed by atoms with van der Waals surface area (Å²) in [4.78, 5) is 8.99. The molecule has 2 rings (SSSR count). The molecule has 1 N–H and O–H groups in total. The van der Waals surface area contributed by atoms with Crippen molar-refractivity contribution in [2.75, 3.05) is 46.4 Å². The standard InChI is InChI=1S/C19H29F3N4O/c1-4-23-18(24-13-15(2)26-9-11-27-12-10-26)25(3)14-16-5-7-17(8-6-16)19(20,21)22/h5-8,15H,4,9-14H2,1-3H3,(H,23,24). The topological polar surface area (TPSA) is 40.1 Å². The van der Waals surface area contributed by atoms with Crippen LogP contribution in [-0.4, -0.2) is 68.2 Å². The van der Waals surface area contributed by atoms with Gasteiger partial charge in [0.2, 0.25) is 0 Å². The Kier molecular flexibility index (Phi) is 7.91. The molecule has 5 nitrogen and oxygen atoms in total. The molecule has 1 atom stereocenters. The van der Waals surface area contributed by atoms with E-state index in [2.05, 4.69) is 17.1 Å². The molecule has 1 aromatic rings. The Morgan fingerprint density at radius 2 is 1.89 bits per heavy atom. The first-order valence-corrected chi connectivity index (χ1v) is 9.28. The number of aliphatic imine (C=N–C) groups is 1. The van der Waals surface area contributed by atoms with Gasteiger partial charge in [-0.3, -0.25) is 9.89 Å². The van der Waals surface area contributed by atoms with Crippen molar-refractivity contribution in [1.29, 1.82) is 0 Å². The van der Waals surface area contributed by atoms with E-state index in [1.807, 2.05) is 18.9 Å². The second-order valence-corrected chi connectivity index (χ2v) is 6.74. The molecule has 1 aromatic carbocycles. The molecule has 1 fully saturated rings. The number of halogens is 3. The number of benzene rings is 1. The molecule has 1 unspecified atom stereocenters. The fourth-order valence-corrected chi connectivity index (χ4v) is 2.97. The first kappa shape index (κ1) is 21.5.